The van der Waals surface area contributed by atoms with Crippen molar-refractivity contribution in [1.29, 1.82) is 0 Å². The Labute approximate surface area is 117 Å². The van der Waals surface area contributed by atoms with Crippen molar-refractivity contribution >= 4 is 22.4 Å². The number of aryl methyl sites for hydroxylation is 1. The van der Waals surface area contributed by atoms with Crippen LogP contribution in [0.25, 0.3) is 0 Å². The molecule has 2 aliphatic rings. The Bertz CT molecular complexity index is 480. The van der Waals surface area contributed by atoms with Crippen molar-refractivity contribution in [2.45, 2.75) is 51.5 Å². The summed E-state index contributed by atoms with van der Waals surface area (Å²) in [6.07, 6.45) is 7.82. The van der Waals surface area contributed by atoms with Crippen molar-refractivity contribution in [2.24, 2.45) is 5.92 Å². The molecule has 1 N–H and O–H groups in total. The fraction of sp³-hybridized carbons (Fsp3) is 0.714. The molecular formula is C14H20N2O2S. The summed E-state index contributed by atoms with van der Waals surface area (Å²) >= 11 is 1.54. The third kappa shape index (κ3) is 2.36. The number of carboxylic acid groups (broad SMARTS) is 1. The molecule has 0 radical (unpaired) electrons. The van der Waals surface area contributed by atoms with E-state index in [1.807, 2.05) is 6.92 Å². The highest BCUT2D eigenvalue weighted by Crippen LogP contribution is 2.39. The van der Waals surface area contributed by atoms with Gasteiger partial charge in [0, 0.05) is 17.5 Å². The SMILES string of the molecule is Cc1sc(N2CCCC2C2CCCC2)nc1C(=O)O. The number of carboxylic acids is 1. The summed E-state index contributed by atoms with van der Waals surface area (Å²) in [6, 6.07) is 0.592. The summed E-state index contributed by atoms with van der Waals surface area (Å²) in [7, 11) is 0. The Morgan fingerprint density at radius 2 is 2.05 bits per heavy atom. The average Bonchev–Trinajstić information content (AvgIpc) is 3.07. The van der Waals surface area contributed by atoms with Crippen LogP contribution >= 0.6 is 11.3 Å². The second-order valence-corrected chi connectivity index (χ2v) is 6.84. The van der Waals surface area contributed by atoms with Crippen LogP contribution in [0.5, 0.6) is 0 Å². The number of thiazole rings is 1. The van der Waals surface area contributed by atoms with Crippen LogP contribution in [0.1, 0.15) is 53.9 Å². The number of hydrogen-bond donors (Lipinski definition) is 1. The van der Waals surface area contributed by atoms with E-state index >= 15 is 0 Å². The van der Waals surface area contributed by atoms with Crippen molar-refractivity contribution in [1.82, 2.24) is 4.98 Å². The van der Waals surface area contributed by atoms with Gasteiger partial charge in [0.1, 0.15) is 0 Å². The van der Waals surface area contributed by atoms with Crippen LogP contribution in [0.3, 0.4) is 0 Å². The first-order chi connectivity index (χ1) is 9.16. The molecular weight excluding hydrogens is 260 g/mol. The highest BCUT2D eigenvalue weighted by molar-refractivity contribution is 7.15. The minimum absolute atomic E-state index is 0.233. The molecule has 4 nitrogen and oxygen atoms in total. The Balaban J connectivity index is 1.83. The standard InChI is InChI=1S/C14H20N2O2S/c1-9-12(13(17)18)15-14(19-9)16-8-4-7-11(16)10-5-2-3-6-10/h10-11H,2-8H2,1H3,(H,17,18). The smallest absolute Gasteiger partial charge is 0.355 e. The molecule has 0 amide bonds. The van der Waals surface area contributed by atoms with Crippen molar-refractivity contribution in [3.05, 3.63) is 10.6 Å². The first-order valence-corrected chi connectivity index (χ1v) is 7.96. The summed E-state index contributed by atoms with van der Waals surface area (Å²) in [4.78, 5) is 18.7. The topological polar surface area (TPSA) is 53.4 Å². The Hall–Kier alpha value is -1.10. The van der Waals surface area contributed by atoms with Crippen LogP contribution in [-0.2, 0) is 0 Å². The van der Waals surface area contributed by atoms with E-state index < -0.39 is 5.97 Å². The first-order valence-electron chi connectivity index (χ1n) is 7.14. The summed E-state index contributed by atoms with van der Waals surface area (Å²) in [5, 5.41) is 10.0. The molecule has 0 spiro atoms. The van der Waals surface area contributed by atoms with E-state index in [4.69, 9.17) is 5.11 Å². The lowest BCUT2D eigenvalue weighted by atomic mass is 9.96. The van der Waals surface area contributed by atoms with Gasteiger partial charge >= 0.3 is 5.97 Å². The second kappa shape index (κ2) is 5.12. The molecule has 1 aliphatic heterocycles. The molecule has 2 fully saturated rings. The predicted octanol–water partition coefficient (Wildman–Crippen LogP) is 3.31. The maximum Gasteiger partial charge on any atom is 0.355 e. The lowest BCUT2D eigenvalue weighted by molar-refractivity contribution is 0.0690. The van der Waals surface area contributed by atoms with Gasteiger partial charge in [-0.25, -0.2) is 9.78 Å². The number of anilines is 1. The fourth-order valence-electron chi connectivity index (χ4n) is 3.57. The van der Waals surface area contributed by atoms with Gasteiger partial charge < -0.3 is 10.0 Å². The number of nitrogens with zero attached hydrogens (tertiary/aromatic N) is 2. The molecule has 1 aromatic rings. The van der Waals surface area contributed by atoms with Crippen molar-refractivity contribution < 1.29 is 9.90 Å². The number of carbonyl (C=O) groups is 1. The van der Waals surface area contributed by atoms with Gasteiger partial charge in [-0.3, -0.25) is 0 Å². The lowest BCUT2D eigenvalue weighted by Crippen LogP contribution is -2.34. The molecule has 0 bridgehead atoms. The number of aromatic carboxylic acids is 1. The fourth-order valence-corrected chi connectivity index (χ4v) is 4.55. The molecule has 2 heterocycles. The predicted molar refractivity (Wildman–Crippen MR) is 76.1 cm³/mol. The molecule has 1 atom stereocenters. The van der Waals surface area contributed by atoms with Crippen LogP contribution in [0.2, 0.25) is 0 Å². The van der Waals surface area contributed by atoms with E-state index in [9.17, 15) is 4.79 Å². The van der Waals surface area contributed by atoms with Gasteiger partial charge in [0.15, 0.2) is 10.8 Å². The van der Waals surface area contributed by atoms with Gasteiger partial charge in [-0.15, -0.1) is 11.3 Å². The quantitative estimate of drug-likeness (QED) is 0.923. The van der Waals surface area contributed by atoms with Crippen LogP contribution in [0.15, 0.2) is 0 Å². The second-order valence-electron chi connectivity index (χ2n) is 5.65. The van der Waals surface area contributed by atoms with Crippen LogP contribution in [0, 0.1) is 12.8 Å². The van der Waals surface area contributed by atoms with Gasteiger partial charge in [-0.2, -0.15) is 0 Å². The summed E-state index contributed by atoms with van der Waals surface area (Å²) in [6.45, 7) is 2.89. The molecule has 1 saturated carbocycles. The third-order valence-corrected chi connectivity index (χ3v) is 5.48. The molecule has 104 valence electrons. The molecule has 1 saturated heterocycles. The number of hydrogen-bond acceptors (Lipinski definition) is 4. The minimum Gasteiger partial charge on any atom is -0.476 e. The van der Waals surface area contributed by atoms with Crippen LogP contribution in [0.4, 0.5) is 5.13 Å². The van der Waals surface area contributed by atoms with Crippen molar-refractivity contribution in [3.8, 4) is 0 Å². The van der Waals surface area contributed by atoms with Gasteiger partial charge in [0.2, 0.25) is 0 Å². The van der Waals surface area contributed by atoms with E-state index in [0.29, 0.717) is 6.04 Å². The molecule has 5 heteroatoms. The largest absolute Gasteiger partial charge is 0.476 e. The zero-order chi connectivity index (χ0) is 13.4. The van der Waals surface area contributed by atoms with Crippen LogP contribution < -0.4 is 4.90 Å². The molecule has 19 heavy (non-hydrogen) atoms. The number of aromatic nitrogens is 1. The zero-order valence-electron chi connectivity index (χ0n) is 11.3. The molecule has 1 unspecified atom stereocenters. The van der Waals surface area contributed by atoms with E-state index in [-0.39, 0.29) is 5.69 Å². The van der Waals surface area contributed by atoms with Crippen molar-refractivity contribution in [2.75, 3.05) is 11.4 Å². The third-order valence-electron chi connectivity index (χ3n) is 4.48. The summed E-state index contributed by atoms with van der Waals surface area (Å²) in [5.41, 5.74) is 0.233. The molecule has 1 aromatic heterocycles. The van der Waals surface area contributed by atoms with Crippen LogP contribution in [-0.4, -0.2) is 28.6 Å². The highest BCUT2D eigenvalue weighted by atomic mass is 32.1. The number of rotatable bonds is 3. The van der Waals surface area contributed by atoms with Gasteiger partial charge in [-0.05, 0) is 38.5 Å². The zero-order valence-corrected chi connectivity index (χ0v) is 12.1. The van der Waals surface area contributed by atoms with Gasteiger partial charge in [0.05, 0.1) is 0 Å². The van der Waals surface area contributed by atoms with E-state index in [0.717, 1.165) is 22.5 Å². The Morgan fingerprint density at radius 3 is 2.68 bits per heavy atom. The van der Waals surface area contributed by atoms with Crippen molar-refractivity contribution in [3.63, 3.8) is 0 Å². The van der Waals surface area contributed by atoms with E-state index in [1.165, 1.54) is 49.9 Å². The highest BCUT2D eigenvalue weighted by Gasteiger charge is 2.35. The first kappa shape index (κ1) is 12.9. The maximum absolute atomic E-state index is 11.1. The summed E-state index contributed by atoms with van der Waals surface area (Å²) in [5.74, 6) is -0.114. The van der Waals surface area contributed by atoms with Gasteiger partial charge in [0.25, 0.3) is 0 Å². The minimum atomic E-state index is -0.906. The Kier molecular flexibility index (Phi) is 3.48. The summed E-state index contributed by atoms with van der Waals surface area (Å²) < 4.78 is 0. The lowest BCUT2D eigenvalue weighted by Gasteiger charge is -2.29. The maximum atomic E-state index is 11.1. The monoisotopic (exact) mass is 280 g/mol. The Morgan fingerprint density at radius 1 is 1.32 bits per heavy atom. The molecule has 3 rings (SSSR count). The van der Waals surface area contributed by atoms with Gasteiger partial charge in [-0.1, -0.05) is 12.8 Å². The molecule has 1 aliphatic carbocycles. The van der Waals surface area contributed by atoms with E-state index in [1.54, 1.807) is 0 Å². The average molecular weight is 280 g/mol. The van der Waals surface area contributed by atoms with E-state index in [2.05, 4.69) is 9.88 Å². The normalized spacial score (nSPS) is 24.3. The molecule has 0 aromatic carbocycles.